The lowest BCUT2D eigenvalue weighted by Gasteiger charge is -2.11. The lowest BCUT2D eigenvalue weighted by molar-refractivity contribution is 0.0106. The van der Waals surface area contributed by atoms with Crippen molar-refractivity contribution in [3.8, 4) is 0 Å². The van der Waals surface area contributed by atoms with Crippen LogP contribution >= 0.6 is 0 Å². The summed E-state index contributed by atoms with van der Waals surface area (Å²) in [6, 6.07) is 10.2. The van der Waals surface area contributed by atoms with Gasteiger partial charge in [-0.05, 0) is 30.0 Å². The van der Waals surface area contributed by atoms with Crippen molar-refractivity contribution in [2.75, 3.05) is 18.5 Å². The number of nitrogens with one attached hydrogen (secondary N) is 1. The van der Waals surface area contributed by atoms with Crippen LogP contribution in [0.4, 0.5) is 5.95 Å². The van der Waals surface area contributed by atoms with Gasteiger partial charge in [-0.1, -0.05) is 24.3 Å². The number of hydrogen-bond acceptors (Lipinski definition) is 5. The molecule has 1 N–H and O–H groups in total. The summed E-state index contributed by atoms with van der Waals surface area (Å²) in [6.45, 7) is 2.87. The summed E-state index contributed by atoms with van der Waals surface area (Å²) in [4.78, 5) is 8.30. The average Bonchev–Trinajstić information content (AvgIpc) is 3.08. The highest BCUT2D eigenvalue weighted by atomic mass is 16.5. The molecule has 1 fully saturated rings. The van der Waals surface area contributed by atoms with Gasteiger partial charge in [0, 0.05) is 25.5 Å². The minimum absolute atomic E-state index is 0.278. The van der Waals surface area contributed by atoms with Gasteiger partial charge in [-0.25, -0.2) is 9.97 Å². The highest BCUT2D eigenvalue weighted by molar-refractivity contribution is 5.29. The van der Waals surface area contributed by atoms with Crippen LogP contribution in [0.25, 0.3) is 0 Å². The summed E-state index contributed by atoms with van der Waals surface area (Å²) in [6.07, 6.45) is 5.99. The van der Waals surface area contributed by atoms with E-state index in [2.05, 4.69) is 33.5 Å². The van der Waals surface area contributed by atoms with Crippen molar-refractivity contribution in [3.05, 3.63) is 53.9 Å². The Morgan fingerprint density at radius 3 is 2.86 bits per heavy atom. The number of anilines is 1. The molecule has 116 valence electrons. The van der Waals surface area contributed by atoms with E-state index in [9.17, 15) is 0 Å². The second-order valence-corrected chi connectivity index (χ2v) is 5.40. The fourth-order valence-electron chi connectivity index (χ4n) is 2.48. The number of benzene rings is 1. The van der Waals surface area contributed by atoms with Crippen LogP contribution < -0.4 is 5.32 Å². The topological polar surface area (TPSA) is 56.3 Å². The predicted molar refractivity (Wildman–Crippen MR) is 84.4 cm³/mol. The first kappa shape index (κ1) is 14.9. The standard InChI is InChI=1S/C17H21N3O2/c1-4-14(11-20-17-18-7-3-8-19-17)10-15(5-1)12-21-13-16-6-2-9-22-16/h1,3-5,7-8,10,16H,2,6,9,11-13H2,(H,18,19,20). The molecule has 1 aliphatic rings. The third-order valence-electron chi connectivity index (χ3n) is 3.60. The van der Waals surface area contributed by atoms with E-state index in [1.807, 2.05) is 6.07 Å². The van der Waals surface area contributed by atoms with Crippen LogP contribution in [0, 0.1) is 0 Å². The Bertz CT molecular complexity index is 571. The molecule has 5 nitrogen and oxygen atoms in total. The van der Waals surface area contributed by atoms with Gasteiger partial charge in [0.15, 0.2) is 0 Å². The highest BCUT2D eigenvalue weighted by Gasteiger charge is 2.15. The van der Waals surface area contributed by atoms with E-state index in [4.69, 9.17) is 9.47 Å². The summed E-state index contributed by atoms with van der Waals surface area (Å²) < 4.78 is 11.3. The van der Waals surface area contributed by atoms with Gasteiger partial charge < -0.3 is 14.8 Å². The van der Waals surface area contributed by atoms with Crippen molar-refractivity contribution >= 4 is 5.95 Å². The number of rotatable bonds is 7. The summed E-state index contributed by atoms with van der Waals surface area (Å²) in [5.74, 6) is 0.641. The van der Waals surface area contributed by atoms with Gasteiger partial charge >= 0.3 is 0 Å². The first-order valence-electron chi connectivity index (χ1n) is 7.68. The van der Waals surface area contributed by atoms with Crippen LogP contribution in [-0.2, 0) is 22.6 Å². The van der Waals surface area contributed by atoms with Gasteiger partial charge in [-0.3, -0.25) is 0 Å². The van der Waals surface area contributed by atoms with Gasteiger partial charge in [0.05, 0.1) is 19.3 Å². The zero-order chi connectivity index (χ0) is 15.0. The van der Waals surface area contributed by atoms with Gasteiger partial charge in [-0.2, -0.15) is 0 Å². The molecule has 1 atom stereocenters. The van der Waals surface area contributed by atoms with Crippen molar-refractivity contribution < 1.29 is 9.47 Å². The van der Waals surface area contributed by atoms with E-state index < -0.39 is 0 Å². The number of ether oxygens (including phenoxy) is 2. The molecule has 1 aliphatic heterocycles. The van der Waals surface area contributed by atoms with Gasteiger partial charge in [0.25, 0.3) is 0 Å². The van der Waals surface area contributed by atoms with Crippen LogP contribution in [0.5, 0.6) is 0 Å². The molecule has 2 aromatic rings. The molecule has 0 spiro atoms. The van der Waals surface area contributed by atoms with Gasteiger partial charge in [0.2, 0.25) is 5.95 Å². The SMILES string of the molecule is c1cnc(NCc2cccc(COCC3CCCO3)c2)nc1. The van der Waals surface area contributed by atoms with Crippen molar-refractivity contribution in [2.45, 2.75) is 32.1 Å². The summed E-state index contributed by atoms with van der Waals surface area (Å²) in [7, 11) is 0. The minimum atomic E-state index is 0.278. The number of aromatic nitrogens is 2. The zero-order valence-corrected chi connectivity index (χ0v) is 12.6. The van der Waals surface area contributed by atoms with Crippen LogP contribution in [0.2, 0.25) is 0 Å². The van der Waals surface area contributed by atoms with Crippen LogP contribution in [0.1, 0.15) is 24.0 Å². The monoisotopic (exact) mass is 299 g/mol. The van der Waals surface area contributed by atoms with Crippen molar-refractivity contribution in [3.63, 3.8) is 0 Å². The van der Waals surface area contributed by atoms with Gasteiger partial charge in [0.1, 0.15) is 0 Å². The van der Waals surface area contributed by atoms with Crippen molar-refractivity contribution in [1.82, 2.24) is 9.97 Å². The van der Waals surface area contributed by atoms with E-state index in [0.29, 0.717) is 25.7 Å². The molecule has 0 radical (unpaired) electrons. The van der Waals surface area contributed by atoms with E-state index >= 15 is 0 Å². The Labute approximate surface area is 130 Å². The van der Waals surface area contributed by atoms with E-state index in [1.54, 1.807) is 18.5 Å². The first-order chi connectivity index (χ1) is 10.9. The molecule has 1 aromatic carbocycles. The molecular weight excluding hydrogens is 278 g/mol. The number of hydrogen-bond donors (Lipinski definition) is 1. The Morgan fingerprint density at radius 1 is 1.18 bits per heavy atom. The van der Waals surface area contributed by atoms with Crippen LogP contribution in [-0.4, -0.2) is 29.3 Å². The van der Waals surface area contributed by atoms with E-state index in [-0.39, 0.29) is 6.10 Å². The predicted octanol–water partition coefficient (Wildman–Crippen LogP) is 2.78. The normalized spacial score (nSPS) is 17.5. The lowest BCUT2D eigenvalue weighted by atomic mass is 10.1. The Hall–Kier alpha value is -1.98. The Morgan fingerprint density at radius 2 is 2.05 bits per heavy atom. The summed E-state index contributed by atoms with van der Waals surface area (Å²) in [5.41, 5.74) is 2.36. The highest BCUT2D eigenvalue weighted by Crippen LogP contribution is 2.13. The summed E-state index contributed by atoms with van der Waals surface area (Å²) >= 11 is 0. The smallest absolute Gasteiger partial charge is 0.222 e. The summed E-state index contributed by atoms with van der Waals surface area (Å²) in [5, 5.41) is 3.21. The quantitative estimate of drug-likeness (QED) is 0.852. The van der Waals surface area contributed by atoms with Crippen molar-refractivity contribution in [2.24, 2.45) is 0 Å². The molecule has 0 bridgehead atoms. The van der Waals surface area contributed by atoms with Crippen LogP contribution in [0.3, 0.4) is 0 Å². The Balaban J connectivity index is 1.47. The lowest BCUT2D eigenvalue weighted by Crippen LogP contribution is -2.13. The van der Waals surface area contributed by atoms with E-state index in [0.717, 1.165) is 19.4 Å². The molecule has 1 saturated heterocycles. The molecular formula is C17H21N3O2. The minimum Gasteiger partial charge on any atom is -0.376 e. The van der Waals surface area contributed by atoms with Crippen molar-refractivity contribution in [1.29, 1.82) is 0 Å². The molecule has 1 unspecified atom stereocenters. The fourth-order valence-corrected chi connectivity index (χ4v) is 2.48. The molecule has 0 aliphatic carbocycles. The third kappa shape index (κ3) is 4.51. The molecule has 0 amide bonds. The average molecular weight is 299 g/mol. The molecule has 0 saturated carbocycles. The first-order valence-corrected chi connectivity index (χ1v) is 7.68. The molecule has 3 rings (SSSR count). The van der Waals surface area contributed by atoms with Crippen LogP contribution in [0.15, 0.2) is 42.7 Å². The molecule has 5 heteroatoms. The maximum absolute atomic E-state index is 5.75. The Kier molecular flexibility index (Phi) is 5.34. The number of nitrogens with zero attached hydrogens (tertiary/aromatic N) is 2. The maximum atomic E-state index is 5.75. The zero-order valence-electron chi connectivity index (χ0n) is 12.6. The fraction of sp³-hybridized carbons (Fsp3) is 0.412. The maximum Gasteiger partial charge on any atom is 0.222 e. The molecule has 2 heterocycles. The second-order valence-electron chi connectivity index (χ2n) is 5.40. The second kappa shape index (κ2) is 7.87. The third-order valence-corrected chi connectivity index (χ3v) is 3.60. The largest absolute Gasteiger partial charge is 0.376 e. The van der Waals surface area contributed by atoms with E-state index in [1.165, 1.54) is 11.1 Å². The van der Waals surface area contributed by atoms with Gasteiger partial charge in [-0.15, -0.1) is 0 Å². The molecule has 22 heavy (non-hydrogen) atoms. The molecule has 1 aromatic heterocycles.